The van der Waals surface area contributed by atoms with Crippen molar-refractivity contribution in [2.24, 2.45) is 0 Å². The van der Waals surface area contributed by atoms with Crippen LogP contribution in [0, 0.1) is 0 Å². The molecule has 10 nitrogen and oxygen atoms in total. The van der Waals surface area contributed by atoms with Crippen LogP contribution in [0.5, 0.6) is 0 Å². The molecule has 0 amide bonds. The van der Waals surface area contributed by atoms with Gasteiger partial charge in [-0.1, -0.05) is 42.8 Å². The van der Waals surface area contributed by atoms with Gasteiger partial charge in [0.05, 0.1) is 0 Å². The van der Waals surface area contributed by atoms with Crippen molar-refractivity contribution < 1.29 is 16.8 Å². The number of sulfone groups is 2. The zero-order valence-corrected chi connectivity index (χ0v) is 21.1. The summed E-state index contributed by atoms with van der Waals surface area (Å²) in [6, 6.07) is 18.3. The minimum atomic E-state index is -3.55. The maximum absolute atomic E-state index is 12.2. The van der Waals surface area contributed by atoms with E-state index in [2.05, 4.69) is 20.4 Å². The summed E-state index contributed by atoms with van der Waals surface area (Å²) in [6.07, 6.45) is 5.60. The van der Waals surface area contributed by atoms with E-state index in [9.17, 15) is 16.8 Å². The first-order chi connectivity index (χ1) is 16.7. The van der Waals surface area contributed by atoms with Gasteiger partial charge >= 0.3 is 0 Å². The molecule has 4 aromatic rings. The number of para-hydroxylation sites is 2. The van der Waals surface area contributed by atoms with Crippen LogP contribution in [0.4, 0.5) is 0 Å². The zero-order chi connectivity index (χ0) is 25.1. The van der Waals surface area contributed by atoms with E-state index in [4.69, 9.17) is 0 Å². The van der Waals surface area contributed by atoms with Crippen molar-refractivity contribution in [2.45, 2.75) is 42.4 Å². The monoisotopic (exact) mass is 514 g/mol. The van der Waals surface area contributed by atoms with Gasteiger partial charge in [-0.3, -0.25) is 9.13 Å². The van der Waals surface area contributed by atoms with Crippen LogP contribution in [0.1, 0.15) is 30.9 Å². The Hall–Kier alpha value is -3.38. The summed E-state index contributed by atoms with van der Waals surface area (Å²) >= 11 is 0. The topological polar surface area (TPSA) is 130 Å². The Kier molecular flexibility index (Phi) is 7.13. The first-order valence-electron chi connectivity index (χ1n) is 11.1. The van der Waals surface area contributed by atoms with E-state index in [0.717, 1.165) is 31.8 Å². The van der Waals surface area contributed by atoms with E-state index in [1.165, 1.54) is 0 Å². The smallest absolute Gasteiger partial charge is 0.254 e. The molecule has 2 aromatic heterocycles. The van der Waals surface area contributed by atoms with Crippen molar-refractivity contribution in [1.29, 1.82) is 0 Å². The molecule has 0 N–H and O–H groups in total. The molecular formula is C23H26N6O4S2. The molecule has 0 unspecified atom stereocenters. The Morgan fingerprint density at radius 2 is 0.943 bits per heavy atom. The largest absolute Gasteiger partial charge is 0.270 e. The third-order valence-corrected chi connectivity index (χ3v) is 7.25. The number of rotatable bonds is 10. The number of nitrogens with zero attached hydrogens (tertiary/aromatic N) is 6. The highest BCUT2D eigenvalue weighted by Gasteiger charge is 2.23. The van der Waals surface area contributed by atoms with Gasteiger partial charge in [0, 0.05) is 36.7 Å². The van der Waals surface area contributed by atoms with Crippen molar-refractivity contribution >= 4 is 19.7 Å². The van der Waals surface area contributed by atoms with Crippen LogP contribution in [-0.4, -0.2) is 58.9 Å². The zero-order valence-electron chi connectivity index (χ0n) is 19.4. The average molecular weight is 515 g/mol. The molecule has 12 heteroatoms. The van der Waals surface area contributed by atoms with Crippen molar-refractivity contribution in [1.82, 2.24) is 29.5 Å². The van der Waals surface area contributed by atoms with E-state index in [1.54, 1.807) is 9.13 Å². The van der Waals surface area contributed by atoms with Gasteiger partial charge in [-0.2, -0.15) is 0 Å². The normalized spacial score (nSPS) is 12.2. The second-order valence-electron chi connectivity index (χ2n) is 8.24. The Morgan fingerprint density at radius 3 is 1.29 bits per heavy atom. The van der Waals surface area contributed by atoms with Crippen LogP contribution < -0.4 is 0 Å². The molecule has 0 fully saturated rings. The molecule has 0 saturated heterocycles. The standard InChI is InChI=1S/C23H26N6O4S2/c1-34(30,31)22-26-24-20(28(22)18-12-6-3-7-13-18)16-10-5-11-17-21-25-27-23(35(2,32)33)29(21)19-14-8-4-9-15-19/h3-4,6-9,12-15H,5,10-11,16-17H2,1-2H3. The van der Waals surface area contributed by atoms with Crippen LogP contribution in [0.2, 0.25) is 0 Å². The van der Waals surface area contributed by atoms with Gasteiger partial charge < -0.3 is 0 Å². The average Bonchev–Trinajstić information content (AvgIpc) is 3.44. The lowest BCUT2D eigenvalue weighted by atomic mass is 10.1. The molecule has 0 saturated carbocycles. The third kappa shape index (κ3) is 5.65. The summed E-state index contributed by atoms with van der Waals surface area (Å²) in [4.78, 5) is 0. The fourth-order valence-corrected chi connectivity index (χ4v) is 5.28. The van der Waals surface area contributed by atoms with E-state index in [-0.39, 0.29) is 10.3 Å². The second-order valence-corrected chi connectivity index (χ2v) is 12.1. The van der Waals surface area contributed by atoms with Crippen molar-refractivity contribution in [2.75, 3.05) is 12.5 Å². The van der Waals surface area contributed by atoms with E-state index < -0.39 is 19.7 Å². The highest BCUT2D eigenvalue weighted by molar-refractivity contribution is 7.90. The molecule has 0 bridgehead atoms. The molecule has 2 aromatic carbocycles. The number of benzene rings is 2. The molecule has 2 heterocycles. The van der Waals surface area contributed by atoms with Gasteiger partial charge in [0.1, 0.15) is 11.6 Å². The lowest BCUT2D eigenvalue weighted by Crippen LogP contribution is -2.10. The highest BCUT2D eigenvalue weighted by atomic mass is 32.2. The van der Waals surface area contributed by atoms with Gasteiger partial charge in [0.15, 0.2) is 0 Å². The molecule has 0 aliphatic carbocycles. The molecule has 0 aliphatic heterocycles. The number of aryl methyl sites for hydroxylation is 2. The molecule has 0 atom stereocenters. The van der Waals surface area contributed by atoms with Crippen LogP contribution in [0.3, 0.4) is 0 Å². The summed E-state index contributed by atoms with van der Waals surface area (Å²) in [5, 5.41) is 16.0. The summed E-state index contributed by atoms with van der Waals surface area (Å²) in [5.74, 6) is 1.15. The van der Waals surface area contributed by atoms with Crippen LogP contribution >= 0.6 is 0 Å². The fraction of sp³-hybridized carbons (Fsp3) is 0.304. The lowest BCUT2D eigenvalue weighted by Gasteiger charge is -2.10. The summed E-state index contributed by atoms with van der Waals surface area (Å²) in [6.45, 7) is 0. The molecule has 35 heavy (non-hydrogen) atoms. The number of aromatic nitrogens is 6. The molecule has 0 aliphatic rings. The number of hydrogen-bond acceptors (Lipinski definition) is 8. The van der Waals surface area contributed by atoms with Crippen molar-refractivity contribution in [3.05, 3.63) is 72.3 Å². The number of hydrogen-bond donors (Lipinski definition) is 0. The maximum atomic E-state index is 12.2. The fourth-order valence-electron chi connectivity index (χ4n) is 3.82. The van der Waals surface area contributed by atoms with E-state index in [0.29, 0.717) is 35.9 Å². The molecule has 0 radical (unpaired) electrons. The first kappa shape index (κ1) is 24.7. The van der Waals surface area contributed by atoms with Crippen LogP contribution in [0.25, 0.3) is 11.4 Å². The SMILES string of the molecule is CS(=O)(=O)c1nnc(CCCCCc2nnc(S(C)(=O)=O)n2-c2ccccc2)n1-c1ccccc1. The second kappa shape index (κ2) is 10.1. The minimum Gasteiger partial charge on any atom is -0.270 e. The van der Waals surface area contributed by atoms with Crippen molar-refractivity contribution in [3.63, 3.8) is 0 Å². The van der Waals surface area contributed by atoms with Gasteiger partial charge in [-0.25, -0.2) is 16.8 Å². The van der Waals surface area contributed by atoms with Gasteiger partial charge in [0.2, 0.25) is 19.7 Å². The van der Waals surface area contributed by atoms with E-state index in [1.807, 2.05) is 60.7 Å². The predicted octanol–water partition coefficient (Wildman–Crippen LogP) is 2.61. The lowest BCUT2D eigenvalue weighted by molar-refractivity contribution is 0.587. The minimum absolute atomic E-state index is 0.0806. The highest BCUT2D eigenvalue weighted by Crippen LogP contribution is 2.20. The quantitative estimate of drug-likeness (QED) is 0.295. The third-order valence-electron chi connectivity index (χ3n) is 5.39. The van der Waals surface area contributed by atoms with Gasteiger partial charge in [-0.05, 0) is 37.1 Å². The predicted molar refractivity (Wildman–Crippen MR) is 130 cm³/mol. The molecule has 184 valence electrons. The maximum Gasteiger partial charge on any atom is 0.254 e. The molecule has 0 spiro atoms. The summed E-state index contributed by atoms with van der Waals surface area (Å²) in [5.41, 5.74) is 1.38. The van der Waals surface area contributed by atoms with E-state index >= 15 is 0 Å². The van der Waals surface area contributed by atoms with Crippen molar-refractivity contribution in [3.8, 4) is 11.4 Å². The number of unbranched alkanes of at least 4 members (excludes halogenated alkanes) is 2. The van der Waals surface area contributed by atoms with Crippen LogP contribution in [0.15, 0.2) is 71.0 Å². The Balaban J connectivity index is 1.46. The summed E-state index contributed by atoms with van der Waals surface area (Å²) < 4.78 is 52.0. The Morgan fingerprint density at radius 1 is 0.571 bits per heavy atom. The molecular weight excluding hydrogens is 488 g/mol. The molecule has 4 rings (SSSR count). The Bertz CT molecular complexity index is 1400. The van der Waals surface area contributed by atoms with Gasteiger partial charge in [0.25, 0.3) is 10.3 Å². The van der Waals surface area contributed by atoms with Gasteiger partial charge in [-0.15, -0.1) is 20.4 Å². The summed E-state index contributed by atoms with van der Waals surface area (Å²) in [7, 11) is -7.10. The van der Waals surface area contributed by atoms with Crippen LogP contribution in [-0.2, 0) is 32.5 Å². The Labute approximate surface area is 204 Å². The first-order valence-corrected chi connectivity index (χ1v) is 14.8.